The van der Waals surface area contributed by atoms with Crippen LogP contribution in [0.3, 0.4) is 0 Å². The molecule has 0 aliphatic heterocycles. The number of hydrogen-bond acceptors (Lipinski definition) is 3. The molecule has 0 spiro atoms. The van der Waals surface area contributed by atoms with Gasteiger partial charge in [0.1, 0.15) is 0 Å². The topological polar surface area (TPSA) is 27.7 Å². The van der Waals surface area contributed by atoms with E-state index < -0.39 is 0 Å². The number of methoxy groups -OCH3 is 1. The molecule has 3 nitrogen and oxygen atoms in total. The Morgan fingerprint density at radius 2 is 1.68 bits per heavy atom. The molecule has 0 bridgehead atoms. The van der Waals surface area contributed by atoms with Crippen LogP contribution in [0.4, 0.5) is 0 Å². The van der Waals surface area contributed by atoms with Crippen molar-refractivity contribution in [1.82, 2.24) is 0 Å². The molecule has 0 N–H and O–H groups in total. The predicted octanol–water partition coefficient (Wildman–Crippen LogP) is 5.75. The van der Waals surface area contributed by atoms with Gasteiger partial charge in [-0.1, -0.05) is 19.3 Å². The smallest absolute Gasteiger partial charge is 0.0625 e. The monoisotopic (exact) mass is 354 g/mol. The Bertz CT molecular complexity index is 379. The lowest BCUT2D eigenvalue weighted by Gasteiger charge is -2.35. The normalized spacial score (nSPS) is 32.3. The Morgan fingerprint density at radius 1 is 0.960 bits per heavy atom. The third-order valence-corrected chi connectivity index (χ3v) is 6.16. The van der Waals surface area contributed by atoms with E-state index in [4.69, 9.17) is 14.2 Å². The molecule has 5 unspecified atom stereocenters. The van der Waals surface area contributed by atoms with Crippen molar-refractivity contribution in [2.45, 2.75) is 122 Å². The van der Waals surface area contributed by atoms with Crippen LogP contribution in [0.1, 0.15) is 92.4 Å². The molecule has 3 heteroatoms. The van der Waals surface area contributed by atoms with E-state index in [9.17, 15) is 0 Å². The highest BCUT2D eigenvalue weighted by Gasteiger charge is 2.32. The van der Waals surface area contributed by atoms with Crippen LogP contribution in [0.2, 0.25) is 0 Å². The van der Waals surface area contributed by atoms with E-state index in [2.05, 4.69) is 34.6 Å². The summed E-state index contributed by atoms with van der Waals surface area (Å²) in [5.74, 6) is 1.42. The first-order valence-electron chi connectivity index (χ1n) is 10.6. The quantitative estimate of drug-likeness (QED) is 0.527. The molecule has 25 heavy (non-hydrogen) atoms. The maximum atomic E-state index is 6.49. The van der Waals surface area contributed by atoms with Gasteiger partial charge in [-0.05, 0) is 85.0 Å². The second-order valence-corrected chi connectivity index (χ2v) is 9.42. The molecular formula is C22H42O3. The van der Waals surface area contributed by atoms with E-state index in [0.29, 0.717) is 30.3 Å². The maximum absolute atomic E-state index is 6.49. The van der Waals surface area contributed by atoms with Crippen molar-refractivity contribution >= 4 is 0 Å². The highest BCUT2D eigenvalue weighted by atomic mass is 16.5. The number of rotatable bonds is 9. The Hall–Kier alpha value is -0.120. The van der Waals surface area contributed by atoms with Crippen LogP contribution in [0, 0.1) is 11.8 Å². The van der Waals surface area contributed by atoms with Crippen LogP contribution < -0.4 is 0 Å². The van der Waals surface area contributed by atoms with Gasteiger partial charge in [-0.25, -0.2) is 0 Å². The lowest BCUT2D eigenvalue weighted by molar-refractivity contribution is -0.0697. The molecule has 0 radical (unpaired) electrons. The van der Waals surface area contributed by atoms with Crippen LogP contribution in [0.15, 0.2) is 0 Å². The van der Waals surface area contributed by atoms with Crippen molar-refractivity contribution in [3.05, 3.63) is 0 Å². The van der Waals surface area contributed by atoms with Crippen LogP contribution in [0.25, 0.3) is 0 Å². The largest absolute Gasteiger partial charge is 0.379 e. The lowest BCUT2D eigenvalue weighted by Crippen LogP contribution is -2.33. The number of ether oxygens (including phenoxy) is 3. The first-order valence-corrected chi connectivity index (χ1v) is 10.6. The summed E-state index contributed by atoms with van der Waals surface area (Å²) in [6.07, 6.45) is 12.8. The van der Waals surface area contributed by atoms with Gasteiger partial charge in [0.2, 0.25) is 0 Å². The molecule has 0 amide bonds. The zero-order valence-corrected chi connectivity index (χ0v) is 17.6. The Morgan fingerprint density at radius 3 is 2.36 bits per heavy atom. The Labute approximate surface area is 156 Å². The summed E-state index contributed by atoms with van der Waals surface area (Å²) < 4.78 is 18.3. The van der Waals surface area contributed by atoms with E-state index in [1.165, 1.54) is 44.9 Å². The summed E-state index contributed by atoms with van der Waals surface area (Å²) in [6, 6.07) is 0. The Balaban J connectivity index is 1.76. The summed E-state index contributed by atoms with van der Waals surface area (Å²) in [5, 5.41) is 0. The van der Waals surface area contributed by atoms with E-state index in [1.807, 2.05) is 7.11 Å². The molecule has 5 atom stereocenters. The minimum Gasteiger partial charge on any atom is -0.379 e. The SMILES string of the molecule is COC(C)(C)CC1CCCC(OC(C)CC2CCCC2OC(C)C)C1. The molecule has 0 saturated heterocycles. The highest BCUT2D eigenvalue weighted by molar-refractivity contribution is 4.83. The zero-order valence-electron chi connectivity index (χ0n) is 17.6. The molecule has 2 aliphatic rings. The van der Waals surface area contributed by atoms with E-state index in [-0.39, 0.29) is 5.60 Å². The van der Waals surface area contributed by atoms with Crippen LogP contribution in [0.5, 0.6) is 0 Å². The lowest BCUT2D eigenvalue weighted by atomic mass is 9.80. The fourth-order valence-corrected chi connectivity index (χ4v) is 4.94. The molecule has 0 aromatic rings. The van der Waals surface area contributed by atoms with Gasteiger partial charge < -0.3 is 14.2 Å². The average Bonchev–Trinajstić information content (AvgIpc) is 2.93. The van der Waals surface area contributed by atoms with Gasteiger partial charge in [0, 0.05) is 7.11 Å². The van der Waals surface area contributed by atoms with Gasteiger partial charge >= 0.3 is 0 Å². The fraction of sp³-hybridized carbons (Fsp3) is 1.00. The molecule has 2 saturated carbocycles. The summed E-state index contributed by atoms with van der Waals surface area (Å²) in [6.45, 7) is 11.0. The Kier molecular flexibility index (Phi) is 8.23. The summed E-state index contributed by atoms with van der Waals surface area (Å²) >= 11 is 0. The first-order chi connectivity index (χ1) is 11.8. The van der Waals surface area contributed by atoms with Gasteiger partial charge in [0.15, 0.2) is 0 Å². The average molecular weight is 355 g/mol. The van der Waals surface area contributed by atoms with E-state index in [0.717, 1.165) is 18.8 Å². The second-order valence-electron chi connectivity index (χ2n) is 9.42. The molecule has 0 aromatic heterocycles. The predicted molar refractivity (Wildman–Crippen MR) is 104 cm³/mol. The van der Waals surface area contributed by atoms with Crippen molar-refractivity contribution in [2.24, 2.45) is 11.8 Å². The fourth-order valence-electron chi connectivity index (χ4n) is 4.94. The highest BCUT2D eigenvalue weighted by Crippen LogP contribution is 2.36. The molecule has 2 rings (SSSR count). The summed E-state index contributed by atoms with van der Waals surface area (Å²) in [4.78, 5) is 0. The summed E-state index contributed by atoms with van der Waals surface area (Å²) in [7, 11) is 1.83. The van der Waals surface area contributed by atoms with Crippen LogP contribution >= 0.6 is 0 Å². The molecule has 148 valence electrons. The second kappa shape index (κ2) is 9.71. The maximum Gasteiger partial charge on any atom is 0.0625 e. The van der Waals surface area contributed by atoms with E-state index >= 15 is 0 Å². The van der Waals surface area contributed by atoms with Crippen molar-refractivity contribution in [1.29, 1.82) is 0 Å². The standard InChI is InChI=1S/C22H42O3/c1-16(2)24-21-12-8-10-19(21)13-17(3)25-20-11-7-9-18(14-20)15-22(4,5)23-6/h16-21H,7-15H2,1-6H3. The van der Waals surface area contributed by atoms with Crippen molar-refractivity contribution in [3.63, 3.8) is 0 Å². The molecule has 2 aliphatic carbocycles. The minimum absolute atomic E-state index is 0.0105. The van der Waals surface area contributed by atoms with Crippen molar-refractivity contribution in [2.75, 3.05) is 7.11 Å². The zero-order chi connectivity index (χ0) is 18.4. The summed E-state index contributed by atoms with van der Waals surface area (Å²) in [5.41, 5.74) is -0.0105. The molecule has 0 heterocycles. The van der Waals surface area contributed by atoms with Crippen LogP contribution in [-0.4, -0.2) is 37.1 Å². The first kappa shape index (κ1) is 21.2. The molecular weight excluding hydrogens is 312 g/mol. The van der Waals surface area contributed by atoms with Crippen molar-refractivity contribution < 1.29 is 14.2 Å². The van der Waals surface area contributed by atoms with E-state index in [1.54, 1.807) is 0 Å². The minimum atomic E-state index is -0.0105. The molecule has 0 aromatic carbocycles. The van der Waals surface area contributed by atoms with Gasteiger partial charge in [0.05, 0.1) is 30.0 Å². The van der Waals surface area contributed by atoms with Gasteiger partial charge in [-0.3, -0.25) is 0 Å². The van der Waals surface area contributed by atoms with Gasteiger partial charge in [0.25, 0.3) is 0 Å². The number of hydrogen-bond donors (Lipinski definition) is 0. The van der Waals surface area contributed by atoms with Gasteiger partial charge in [-0.15, -0.1) is 0 Å². The van der Waals surface area contributed by atoms with Crippen LogP contribution in [-0.2, 0) is 14.2 Å². The third kappa shape index (κ3) is 7.19. The molecule has 2 fully saturated rings. The van der Waals surface area contributed by atoms with Gasteiger partial charge in [-0.2, -0.15) is 0 Å². The van der Waals surface area contributed by atoms with Crippen molar-refractivity contribution in [3.8, 4) is 0 Å². The third-order valence-electron chi connectivity index (χ3n) is 6.16.